The van der Waals surface area contributed by atoms with E-state index in [9.17, 15) is 19.1 Å². The SMILES string of the molecule is CCN1C(=O)/C(=C/c2ccc(OCc3cccc(F)c3)c(Br)c2)SC1=Nc1cccc(C(=O)O)c1. The van der Waals surface area contributed by atoms with Crippen LogP contribution < -0.4 is 4.74 Å². The van der Waals surface area contributed by atoms with E-state index in [1.807, 2.05) is 19.1 Å². The molecular weight excluding hydrogens is 535 g/mol. The van der Waals surface area contributed by atoms with Crippen LogP contribution in [0.3, 0.4) is 0 Å². The summed E-state index contributed by atoms with van der Waals surface area (Å²) in [4.78, 5) is 30.8. The van der Waals surface area contributed by atoms with Crippen LogP contribution in [-0.4, -0.2) is 33.6 Å². The number of carboxylic acid groups (broad SMARTS) is 1. The minimum Gasteiger partial charge on any atom is -0.488 e. The monoisotopic (exact) mass is 554 g/mol. The van der Waals surface area contributed by atoms with Crippen LogP contribution in [0.5, 0.6) is 5.75 Å². The van der Waals surface area contributed by atoms with Gasteiger partial charge >= 0.3 is 5.97 Å². The molecule has 0 saturated carbocycles. The van der Waals surface area contributed by atoms with E-state index in [4.69, 9.17) is 4.74 Å². The topological polar surface area (TPSA) is 79.2 Å². The van der Waals surface area contributed by atoms with E-state index < -0.39 is 5.97 Å². The molecule has 1 saturated heterocycles. The third-order valence-corrected chi connectivity index (χ3v) is 6.69. The molecule has 0 aliphatic carbocycles. The number of benzene rings is 3. The van der Waals surface area contributed by atoms with Gasteiger partial charge in [0.1, 0.15) is 18.2 Å². The van der Waals surface area contributed by atoms with Crippen molar-refractivity contribution in [1.29, 1.82) is 0 Å². The molecule has 1 aliphatic heterocycles. The van der Waals surface area contributed by atoms with Crippen LogP contribution in [0.25, 0.3) is 6.08 Å². The van der Waals surface area contributed by atoms with Crippen LogP contribution in [-0.2, 0) is 11.4 Å². The Hall–Kier alpha value is -3.43. The molecule has 1 amide bonds. The first-order valence-electron chi connectivity index (χ1n) is 10.6. The highest BCUT2D eigenvalue weighted by Crippen LogP contribution is 2.35. The van der Waals surface area contributed by atoms with Gasteiger partial charge in [0.05, 0.1) is 20.6 Å². The van der Waals surface area contributed by atoms with Crippen LogP contribution in [0, 0.1) is 5.82 Å². The predicted molar refractivity (Wildman–Crippen MR) is 138 cm³/mol. The molecule has 6 nitrogen and oxygen atoms in total. The Bertz CT molecular complexity index is 1360. The first-order valence-corrected chi connectivity index (χ1v) is 12.2. The summed E-state index contributed by atoms with van der Waals surface area (Å²) < 4.78 is 19.9. The van der Waals surface area contributed by atoms with Crippen molar-refractivity contribution in [1.82, 2.24) is 4.90 Å². The first kappa shape index (κ1) is 24.7. The lowest BCUT2D eigenvalue weighted by molar-refractivity contribution is -0.122. The number of hydrogen-bond donors (Lipinski definition) is 1. The Morgan fingerprint density at radius 3 is 2.69 bits per heavy atom. The minimum absolute atomic E-state index is 0.129. The van der Waals surface area contributed by atoms with Gasteiger partial charge in [-0.1, -0.05) is 24.3 Å². The molecule has 0 bridgehead atoms. The van der Waals surface area contributed by atoms with Crippen LogP contribution in [0.1, 0.15) is 28.4 Å². The molecule has 3 aromatic carbocycles. The van der Waals surface area contributed by atoms with Gasteiger partial charge in [-0.3, -0.25) is 9.69 Å². The third-order valence-electron chi connectivity index (χ3n) is 5.06. The number of carbonyl (C=O) groups is 2. The first-order chi connectivity index (χ1) is 16.8. The lowest BCUT2D eigenvalue weighted by atomic mass is 10.2. The van der Waals surface area contributed by atoms with Crippen molar-refractivity contribution in [3.8, 4) is 5.75 Å². The number of ether oxygens (including phenoxy) is 1. The third kappa shape index (κ3) is 5.98. The van der Waals surface area contributed by atoms with E-state index in [1.165, 1.54) is 36.0 Å². The van der Waals surface area contributed by atoms with Gasteiger partial charge in [-0.05, 0) is 94.3 Å². The molecule has 178 valence electrons. The van der Waals surface area contributed by atoms with E-state index in [1.54, 1.807) is 41.3 Å². The van der Waals surface area contributed by atoms with Crippen LogP contribution in [0.2, 0.25) is 0 Å². The number of thioether (sulfide) groups is 1. The van der Waals surface area contributed by atoms with Crippen molar-refractivity contribution < 1.29 is 23.8 Å². The fourth-order valence-electron chi connectivity index (χ4n) is 3.35. The number of amidine groups is 1. The van der Waals surface area contributed by atoms with Crippen molar-refractivity contribution in [3.05, 3.63) is 98.6 Å². The van der Waals surface area contributed by atoms with Crippen LogP contribution >= 0.6 is 27.7 Å². The maximum absolute atomic E-state index is 13.4. The molecule has 3 aromatic rings. The zero-order valence-corrected chi connectivity index (χ0v) is 21.0. The maximum Gasteiger partial charge on any atom is 0.335 e. The Morgan fingerprint density at radius 2 is 1.97 bits per heavy atom. The number of hydrogen-bond acceptors (Lipinski definition) is 5. The number of aromatic carboxylic acids is 1. The van der Waals surface area contributed by atoms with Crippen molar-refractivity contribution in [2.45, 2.75) is 13.5 Å². The molecule has 0 aromatic heterocycles. The standard InChI is InChI=1S/C26H20BrFN2O4S/c1-2-30-24(31)23(35-26(30)29-20-8-4-6-18(14-20)25(32)33)13-16-9-10-22(21(27)12-16)34-15-17-5-3-7-19(28)11-17/h3-14H,2,15H2,1H3,(H,32,33)/b23-13-,29-26?. The summed E-state index contributed by atoms with van der Waals surface area (Å²) in [5.74, 6) is -0.931. The van der Waals surface area contributed by atoms with E-state index >= 15 is 0 Å². The predicted octanol–water partition coefficient (Wildman–Crippen LogP) is 6.49. The molecular formula is C26H20BrFN2O4S. The van der Waals surface area contributed by atoms with Crippen molar-refractivity contribution in [3.63, 3.8) is 0 Å². The minimum atomic E-state index is -1.04. The average molecular weight is 555 g/mol. The lowest BCUT2D eigenvalue weighted by Crippen LogP contribution is -2.28. The fraction of sp³-hybridized carbons (Fsp3) is 0.115. The van der Waals surface area contributed by atoms with Gasteiger partial charge in [0.25, 0.3) is 5.91 Å². The summed E-state index contributed by atoms with van der Waals surface area (Å²) in [6.07, 6.45) is 1.77. The molecule has 9 heteroatoms. The number of carboxylic acids is 1. The quantitative estimate of drug-likeness (QED) is 0.337. The molecule has 1 N–H and O–H groups in total. The Morgan fingerprint density at radius 1 is 1.17 bits per heavy atom. The summed E-state index contributed by atoms with van der Waals surface area (Å²) in [5.41, 5.74) is 2.10. The molecule has 1 aliphatic rings. The van der Waals surface area contributed by atoms with Crippen LogP contribution in [0.4, 0.5) is 10.1 Å². The molecule has 0 unspecified atom stereocenters. The molecule has 1 fully saturated rings. The molecule has 0 radical (unpaired) electrons. The summed E-state index contributed by atoms with van der Waals surface area (Å²) in [7, 11) is 0. The second-order valence-electron chi connectivity index (χ2n) is 7.52. The number of halogens is 2. The molecule has 0 spiro atoms. The van der Waals surface area contributed by atoms with Crippen molar-refractivity contribution >= 4 is 56.5 Å². The molecule has 0 atom stereocenters. The second kappa shape index (κ2) is 10.9. The number of amides is 1. The Kier molecular flexibility index (Phi) is 7.67. The zero-order chi connectivity index (χ0) is 24.9. The zero-order valence-electron chi connectivity index (χ0n) is 18.6. The van der Waals surface area contributed by atoms with Gasteiger partial charge in [-0.25, -0.2) is 14.2 Å². The number of nitrogens with zero attached hydrogens (tertiary/aromatic N) is 2. The highest BCUT2D eigenvalue weighted by Gasteiger charge is 2.32. The largest absolute Gasteiger partial charge is 0.488 e. The van der Waals surface area contributed by atoms with Gasteiger partial charge in [-0.15, -0.1) is 0 Å². The molecule has 1 heterocycles. The smallest absolute Gasteiger partial charge is 0.335 e. The summed E-state index contributed by atoms with van der Waals surface area (Å²) in [6, 6.07) is 17.9. The van der Waals surface area contributed by atoms with Gasteiger partial charge in [0.15, 0.2) is 5.17 Å². The van der Waals surface area contributed by atoms with Gasteiger partial charge in [0, 0.05) is 6.54 Å². The van der Waals surface area contributed by atoms with Crippen molar-refractivity contribution in [2.24, 2.45) is 4.99 Å². The normalized spacial score (nSPS) is 15.7. The van der Waals surface area contributed by atoms with E-state index in [2.05, 4.69) is 20.9 Å². The maximum atomic E-state index is 13.4. The number of carbonyl (C=O) groups excluding carboxylic acids is 1. The number of rotatable bonds is 7. The Balaban J connectivity index is 1.53. The lowest BCUT2D eigenvalue weighted by Gasteiger charge is -2.12. The summed E-state index contributed by atoms with van der Waals surface area (Å²) >= 11 is 4.73. The van der Waals surface area contributed by atoms with Gasteiger partial charge < -0.3 is 9.84 Å². The van der Waals surface area contributed by atoms with Crippen LogP contribution in [0.15, 0.2) is 81.1 Å². The molecule has 4 rings (SSSR count). The highest BCUT2D eigenvalue weighted by atomic mass is 79.9. The number of likely N-dealkylation sites (N-methyl/N-ethyl adjacent to an activating group) is 1. The molecule has 35 heavy (non-hydrogen) atoms. The van der Waals surface area contributed by atoms with E-state index in [0.717, 1.165) is 11.1 Å². The highest BCUT2D eigenvalue weighted by molar-refractivity contribution is 9.10. The van der Waals surface area contributed by atoms with Crippen molar-refractivity contribution in [2.75, 3.05) is 6.54 Å². The fourth-order valence-corrected chi connectivity index (χ4v) is 4.93. The van der Waals surface area contributed by atoms with E-state index in [0.29, 0.717) is 32.5 Å². The van der Waals surface area contributed by atoms with Gasteiger partial charge in [-0.2, -0.15) is 0 Å². The second-order valence-corrected chi connectivity index (χ2v) is 9.38. The van der Waals surface area contributed by atoms with Gasteiger partial charge in [0.2, 0.25) is 0 Å². The summed E-state index contributed by atoms with van der Waals surface area (Å²) in [5, 5.41) is 9.69. The Labute approximate surface area is 214 Å². The van der Waals surface area contributed by atoms with E-state index in [-0.39, 0.29) is 23.9 Å². The summed E-state index contributed by atoms with van der Waals surface area (Å²) in [6.45, 7) is 2.50. The average Bonchev–Trinajstić information content (AvgIpc) is 3.12. The number of aliphatic imine (C=N–C) groups is 1.